The lowest BCUT2D eigenvalue weighted by Gasteiger charge is -2.04. The van der Waals surface area contributed by atoms with Crippen LogP contribution in [0.25, 0.3) is 0 Å². The van der Waals surface area contributed by atoms with Crippen molar-refractivity contribution < 1.29 is 9.90 Å². The van der Waals surface area contributed by atoms with Gasteiger partial charge in [-0.25, -0.2) is 4.98 Å². The minimum atomic E-state index is -0.917. The maximum atomic E-state index is 10.7. The molecule has 0 spiro atoms. The molecule has 0 bridgehead atoms. The van der Waals surface area contributed by atoms with Gasteiger partial charge in [-0.2, -0.15) is 5.10 Å². The molecule has 5 nitrogen and oxygen atoms in total. The fraction of sp³-hybridized carbons (Fsp3) is 0.556. The molecule has 1 aliphatic rings. The summed E-state index contributed by atoms with van der Waals surface area (Å²) < 4.78 is 0. The second kappa shape index (κ2) is 3.32. The summed E-state index contributed by atoms with van der Waals surface area (Å²) in [7, 11) is 0. The van der Waals surface area contributed by atoms with E-state index in [1.165, 1.54) is 0 Å². The Hall–Kier alpha value is -1.52. The van der Waals surface area contributed by atoms with Gasteiger partial charge in [0.05, 0.1) is 11.9 Å². The highest BCUT2D eigenvalue weighted by Gasteiger charge is 2.27. The van der Waals surface area contributed by atoms with Gasteiger partial charge in [-0.3, -0.25) is 4.79 Å². The van der Waals surface area contributed by atoms with E-state index in [0.29, 0.717) is 11.7 Å². The van der Waals surface area contributed by atoms with Crippen molar-refractivity contribution >= 4 is 5.97 Å². The predicted molar refractivity (Wildman–Crippen MR) is 47.9 cm³/mol. The fourth-order valence-electron chi connectivity index (χ4n) is 1.20. The van der Waals surface area contributed by atoms with E-state index in [4.69, 9.17) is 5.11 Å². The first-order chi connectivity index (χ1) is 6.68. The van der Waals surface area contributed by atoms with Crippen LogP contribution in [0.2, 0.25) is 0 Å². The number of nitrogens with zero attached hydrogens (tertiary/aromatic N) is 3. The first kappa shape index (κ1) is 9.05. The molecule has 1 aromatic rings. The van der Waals surface area contributed by atoms with E-state index in [1.807, 2.05) is 0 Å². The number of carboxylic acid groups (broad SMARTS) is 1. The molecule has 0 saturated heterocycles. The number of aliphatic carboxylic acids is 1. The maximum Gasteiger partial charge on any atom is 0.314 e. The smallest absolute Gasteiger partial charge is 0.314 e. The number of hydrogen-bond donors (Lipinski definition) is 1. The van der Waals surface area contributed by atoms with Crippen molar-refractivity contribution in [2.24, 2.45) is 0 Å². The Balaban J connectivity index is 2.25. The Kier molecular flexibility index (Phi) is 2.15. The second-order valence-electron chi connectivity index (χ2n) is 3.57. The average Bonchev–Trinajstić information content (AvgIpc) is 3.00. The van der Waals surface area contributed by atoms with E-state index < -0.39 is 11.9 Å². The lowest BCUT2D eigenvalue weighted by Crippen LogP contribution is -2.13. The number of carboxylic acids is 1. The number of rotatable bonds is 3. The molecule has 0 radical (unpaired) electrons. The molecule has 2 rings (SSSR count). The van der Waals surface area contributed by atoms with Gasteiger partial charge in [-0.15, -0.1) is 5.10 Å². The summed E-state index contributed by atoms with van der Waals surface area (Å²) in [6.07, 6.45) is 3.87. The van der Waals surface area contributed by atoms with Gasteiger partial charge < -0.3 is 5.11 Å². The Labute approximate surface area is 81.2 Å². The highest BCUT2D eigenvalue weighted by Crippen LogP contribution is 2.38. The normalized spacial score (nSPS) is 17.8. The monoisotopic (exact) mass is 193 g/mol. The second-order valence-corrected chi connectivity index (χ2v) is 3.57. The van der Waals surface area contributed by atoms with Crippen LogP contribution in [0, 0.1) is 0 Å². The Morgan fingerprint density at radius 3 is 2.93 bits per heavy atom. The molecule has 1 unspecified atom stereocenters. The molecule has 1 aromatic heterocycles. The first-order valence-corrected chi connectivity index (χ1v) is 4.61. The van der Waals surface area contributed by atoms with E-state index >= 15 is 0 Å². The largest absolute Gasteiger partial charge is 0.481 e. The summed E-state index contributed by atoms with van der Waals surface area (Å²) in [5.41, 5.74) is 0.878. The van der Waals surface area contributed by atoms with Gasteiger partial charge in [0.1, 0.15) is 5.92 Å². The fourth-order valence-corrected chi connectivity index (χ4v) is 1.20. The highest BCUT2D eigenvalue weighted by atomic mass is 16.4. The van der Waals surface area contributed by atoms with E-state index in [2.05, 4.69) is 15.2 Å². The van der Waals surface area contributed by atoms with Crippen LogP contribution in [0.15, 0.2) is 6.20 Å². The van der Waals surface area contributed by atoms with Crippen LogP contribution in [0.4, 0.5) is 0 Å². The van der Waals surface area contributed by atoms with Crippen molar-refractivity contribution in [2.45, 2.75) is 31.6 Å². The van der Waals surface area contributed by atoms with Crippen LogP contribution < -0.4 is 0 Å². The number of hydrogen-bond acceptors (Lipinski definition) is 4. The lowest BCUT2D eigenvalue weighted by atomic mass is 10.1. The Morgan fingerprint density at radius 2 is 2.36 bits per heavy atom. The summed E-state index contributed by atoms with van der Waals surface area (Å²) in [4.78, 5) is 14.9. The summed E-state index contributed by atoms with van der Waals surface area (Å²) in [5.74, 6) is -0.812. The van der Waals surface area contributed by atoms with Crippen molar-refractivity contribution in [2.75, 3.05) is 0 Å². The zero-order valence-electron chi connectivity index (χ0n) is 7.84. The molecule has 0 amide bonds. The average molecular weight is 193 g/mol. The Bertz CT molecular complexity index is 363. The molecule has 1 saturated carbocycles. The lowest BCUT2D eigenvalue weighted by molar-refractivity contribution is -0.138. The highest BCUT2D eigenvalue weighted by molar-refractivity contribution is 5.74. The van der Waals surface area contributed by atoms with E-state index in [9.17, 15) is 4.79 Å². The molecular formula is C9H11N3O2. The van der Waals surface area contributed by atoms with E-state index in [0.717, 1.165) is 18.5 Å². The van der Waals surface area contributed by atoms with Crippen LogP contribution in [-0.2, 0) is 4.79 Å². The van der Waals surface area contributed by atoms with Gasteiger partial charge in [0, 0.05) is 5.92 Å². The van der Waals surface area contributed by atoms with E-state index in [1.54, 1.807) is 13.1 Å². The van der Waals surface area contributed by atoms with Gasteiger partial charge in [0.2, 0.25) is 0 Å². The quantitative estimate of drug-likeness (QED) is 0.773. The Morgan fingerprint density at radius 1 is 1.64 bits per heavy atom. The van der Waals surface area contributed by atoms with Crippen LogP contribution in [0.5, 0.6) is 0 Å². The molecule has 14 heavy (non-hydrogen) atoms. The standard InChI is InChI=1S/C9H11N3O2/c1-5(9(13)14)8-11-7(4-10-12-8)6-2-3-6/h4-6H,2-3H2,1H3,(H,13,14). The molecule has 74 valence electrons. The van der Waals surface area contributed by atoms with Crippen molar-refractivity contribution in [3.63, 3.8) is 0 Å². The van der Waals surface area contributed by atoms with Gasteiger partial charge in [-0.05, 0) is 19.8 Å². The zero-order chi connectivity index (χ0) is 10.1. The third-order valence-electron chi connectivity index (χ3n) is 2.35. The molecule has 1 fully saturated rings. The van der Waals surface area contributed by atoms with Crippen molar-refractivity contribution in [1.29, 1.82) is 0 Å². The molecule has 1 heterocycles. The van der Waals surface area contributed by atoms with Crippen molar-refractivity contribution in [3.8, 4) is 0 Å². The maximum absolute atomic E-state index is 10.7. The summed E-state index contributed by atoms with van der Waals surface area (Å²) >= 11 is 0. The third kappa shape index (κ3) is 1.71. The van der Waals surface area contributed by atoms with Crippen LogP contribution in [0.1, 0.15) is 43.1 Å². The first-order valence-electron chi connectivity index (χ1n) is 4.61. The predicted octanol–water partition coefficient (Wildman–Crippen LogP) is 0.937. The molecule has 1 aliphatic carbocycles. The van der Waals surface area contributed by atoms with Gasteiger partial charge in [0.25, 0.3) is 0 Å². The number of aromatic nitrogens is 3. The van der Waals surface area contributed by atoms with Gasteiger partial charge in [0.15, 0.2) is 5.82 Å². The summed E-state index contributed by atoms with van der Waals surface area (Å²) in [6, 6.07) is 0. The molecule has 5 heteroatoms. The third-order valence-corrected chi connectivity index (χ3v) is 2.35. The molecule has 1 N–H and O–H groups in total. The zero-order valence-corrected chi connectivity index (χ0v) is 7.84. The minimum absolute atomic E-state index is 0.307. The molecule has 0 aromatic carbocycles. The topological polar surface area (TPSA) is 76.0 Å². The molecule has 0 aliphatic heterocycles. The van der Waals surface area contributed by atoms with Crippen LogP contribution >= 0.6 is 0 Å². The van der Waals surface area contributed by atoms with Gasteiger partial charge in [-0.1, -0.05) is 0 Å². The van der Waals surface area contributed by atoms with Crippen molar-refractivity contribution in [3.05, 3.63) is 17.7 Å². The summed E-state index contributed by atoms with van der Waals surface area (Å²) in [6.45, 7) is 1.57. The van der Waals surface area contributed by atoms with E-state index in [-0.39, 0.29) is 0 Å². The van der Waals surface area contributed by atoms with Crippen LogP contribution in [0.3, 0.4) is 0 Å². The summed E-state index contributed by atoms with van der Waals surface area (Å²) in [5, 5.41) is 16.3. The molecular weight excluding hydrogens is 182 g/mol. The van der Waals surface area contributed by atoms with Crippen molar-refractivity contribution in [1.82, 2.24) is 15.2 Å². The molecule has 1 atom stereocenters. The number of carbonyl (C=O) groups is 1. The van der Waals surface area contributed by atoms with Gasteiger partial charge >= 0.3 is 5.97 Å². The SMILES string of the molecule is CC(C(=O)O)c1nncc(C2CC2)n1. The minimum Gasteiger partial charge on any atom is -0.481 e. The van der Waals surface area contributed by atoms with Crippen LogP contribution in [-0.4, -0.2) is 26.3 Å².